The Morgan fingerprint density at radius 2 is 1.94 bits per heavy atom. The van der Waals surface area contributed by atoms with Gasteiger partial charge in [-0.2, -0.15) is 0 Å². The molecule has 0 saturated carbocycles. The number of ether oxygens (including phenoxy) is 1. The molecule has 0 fully saturated rings. The maximum atomic E-state index is 13.7. The Labute approximate surface area is 97.9 Å². The zero-order chi connectivity index (χ0) is 12.4. The van der Waals surface area contributed by atoms with Gasteiger partial charge in [-0.25, -0.2) is 8.78 Å². The van der Waals surface area contributed by atoms with Crippen LogP contribution in [0.1, 0.15) is 5.56 Å². The molecular weight excluding hydrogens is 224 g/mol. The van der Waals surface area contributed by atoms with Crippen LogP contribution in [0.4, 0.5) is 8.78 Å². The van der Waals surface area contributed by atoms with E-state index in [-0.39, 0.29) is 0 Å². The van der Waals surface area contributed by atoms with Crippen molar-refractivity contribution in [2.75, 3.05) is 7.11 Å². The van der Waals surface area contributed by atoms with Crippen LogP contribution in [0.5, 0.6) is 5.75 Å². The monoisotopic (exact) mass is 235 g/mol. The zero-order valence-corrected chi connectivity index (χ0v) is 9.50. The van der Waals surface area contributed by atoms with Gasteiger partial charge in [0.2, 0.25) is 0 Å². The maximum Gasteiger partial charge on any atom is 0.135 e. The minimum absolute atomic E-state index is 0.297. The van der Waals surface area contributed by atoms with Crippen molar-refractivity contribution in [1.29, 1.82) is 0 Å². The van der Waals surface area contributed by atoms with E-state index in [1.807, 2.05) is 0 Å². The van der Waals surface area contributed by atoms with Gasteiger partial charge in [0.1, 0.15) is 17.4 Å². The van der Waals surface area contributed by atoms with Gasteiger partial charge in [-0.3, -0.25) is 4.98 Å². The topological polar surface area (TPSA) is 22.1 Å². The summed E-state index contributed by atoms with van der Waals surface area (Å²) in [7, 11) is 1.52. The molecule has 88 valence electrons. The van der Waals surface area contributed by atoms with E-state index in [0.717, 1.165) is 6.07 Å². The zero-order valence-electron chi connectivity index (χ0n) is 9.50. The predicted molar refractivity (Wildman–Crippen MR) is 60.9 cm³/mol. The third-order valence-electron chi connectivity index (χ3n) is 2.48. The summed E-state index contributed by atoms with van der Waals surface area (Å²) in [6.45, 7) is 1.64. The number of pyridine rings is 1. The van der Waals surface area contributed by atoms with E-state index in [9.17, 15) is 8.78 Å². The fourth-order valence-electron chi connectivity index (χ4n) is 1.70. The lowest BCUT2D eigenvalue weighted by Crippen LogP contribution is -1.94. The first-order valence-electron chi connectivity index (χ1n) is 5.08. The third-order valence-corrected chi connectivity index (χ3v) is 2.48. The van der Waals surface area contributed by atoms with Gasteiger partial charge in [-0.05, 0) is 24.6 Å². The Balaban J connectivity index is 2.60. The molecule has 1 heterocycles. The first-order valence-corrected chi connectivity index (χ1v) is 5.08. The number of rotatable bonds is 2. The highest BCUT2D eigenvalue weighted by Crippen LogP contribution is 2.27. The molecule has 0 amide bonds. The van der Waals surface area contributed by atoms with Gasteiger partial charge in [0.05, 0.1) is 12.8 Å². The van der Waals surface area contributed by atoms with Crippen LogP contribution in [0.3, 0.4) is 0 Å². The van der Waals surface area contributed by atoms with E-state index in [1.54, 1.807) is 19.1 Å². The molecule has 0 aliphatic heterocycles. The summed E-state index contributed by atoms with van der Waals surface area (Å²) >= 11 is 0. The Bertz CT molecular complexity index is 532. The molecule has 4 heteroatoms. The largest absolute Gasteiger partial charge is 0.497 e. The molecule has 0 aliphatic carbocycles. The van der Waals surface area contributed by atoms with Crippen LogP contribution in [-0.4, -0.2) is 12.1 Å². The second-order valence-corrected chi connectivity index (χ2v) is 3.66. The average molecular weight is 235 g/mol. The molecule has 0 N–H and O–H groups in total. The number of aromatic nitrogens is 1. The highest BCUT2D eigenvalue weighted by molar-refractivity contribution is 5.65. The van der Waals surface area contributed by atoms with Crippen LogP contribution in [0.25, 0.3) is 11.3 Å². The van der Waals surface area contributed by atoms with Crippen LogP contribution < -0.4 is 4.74 Å². The summed E-state index contributed by atoms with van der Waals surface area (Å²) in [6.07, 6.45) is 1.52. The molecule has 2 aromatic rings. The number of benzene rings is 1. The van der Waals surface area contributed by atoms with Gasteiger partial charge in [-0.1, -0.05) is 0 Å². The van der Waals surface area contributed by atoms with Gasteiger partial charge in [0.25, 0.3) is 0 Å². The van der Waals surface area contributed by atoms with Gasteiger partial charge < -0.3 is 4.74 Å². The van der Waals surface area contributed by atoms with E-state index in [0.29, 0.717) is 22.6 Å². The van der Waals surface area contributed by atoms with Crippen molar-refractivity contribution in [3.05, 3.63) is 47.7 Å². The normalized spacial score (nSPS) is 10.4. The minimum Gasteiger partial charge on any atom is -0.497 e. The molecule has 0 aliphatic rings. The summed E-state index contributed by atoms with van der Waals surface area (Å²) in [5.41, 5.74) is 1.23. The van der Waals surface area contributed by atoms with Crippen molar-refractivity contribution in [3.63, 3.8) is 0 Å². The average Bonchev–Trinajstić information content (AvgIpc) is 2.28. The standard InChI is InChI=1S/C13H11F2NO/c1-8-5-9(14)6-11(15)13(8)12-7-10(17-2)3-4-16-12/h3-7H,1-2H3. The van der Waals surface area contributed by atoms with Crippen molar-refractivity contribution in [2.24, 2.45) is 0 Å². The molecule has 0 saturated heterocycles. The van der Waals surface area contributed by atoms with Crippen molar-refractivity contribution in [3.8, 4) is 17.0 Å². The van der Waals surface area contributed by atoms with Crippen LogP contribution >= 0.6 is 0 Å². The lowest BCUT2D eigenvalue weighted by atomic mass is 10.0. The molecule has 17 heavy (non-hydrogen) atoms. The van der Waals surface area contributed by atoms with E-state index >= 15 is 0 Å². The third kappa shape index (κ3) is 2.25. The van der Waals surface area contributed by atoms with Gasteiger partial charge >= 0.3 is 0 Å². The number of methoxy groups -OCH3 is 1. The Kier molecular flexibility index (Phi) is 3.04. The number of aryl methyl sites for hydroxylation is 1. The number of halogens is 2. The molecule has 0 bridgehead atoms. The van der Waals surface area contributed by atoms with E-state index in [4.69, 9.17) is 4.74 Å². The lowest BCUT2D eigenvalue weighted by molar-refractivity contribution is 0.414. The summed E-state index contributed by atoms with van der Waals surface area (Å²) in [5.74, 6) is -0.631. The molecule has 0 radical (unpaired) electrons. The van der Waals surface area contributed by atoms with E-state index in [2.05, 4.69) is 4.98 Å². The number of nitrogens with zero attached hydrogens (tertiary/aromatic N) is 1. The summed E-state index contributed by atoms with van der Waals surface area (Å²) < 4.78 is 31.7. The molecule has 0 spiro atoms. The molecule has 1 aromatic carbocycles. The first kappa shape index (κ1) is 11.5. The van der Waals surface area contributed by atoms with Gasteiger partial charge in [0.15, 0.2) is 0 Å². The van der Waals surface area contributed by atoms with Crippen molar-refractivity contribution < 1.29 is 13.5 Å². The molecule has 2 rings (SSSR count). The van der Waals surface area contributed by atoms with Gasteiger partial charge in [0, 0.05) is 23.9 Å². The SMILES string of the molecule is COc1ccnc(-c2c(C)cc(F)cc2F)c1. The molecule has 0 atom stereocenters. The van der Waals surface area contributed by atoms with Crippen LogP contribution in [-0.2, 0) is 0 Å². The highest BCUT2D eigenvalue weighted by Gasteiger charge is 2.12. The Morgan fingerprint density at radius 3 is 2.59 bits per heavy atom. The highest BCUT2D eigenvalue weighted by atomic mass is 19.1. The van der Waals surface area contributed by atoms with E-state index < -0.39 is 11.6 Å². The molecule has 2 nitrogen and oxygen atoms in total. The van der Waals surface area contributed by atoms with Crippen LogP contribution in [0, 0.1) is 18.6 Å². The summed E-state index contributed by atoms with van der Waals surface area (Å²) in [5, 5.41) is 0. The smallest absolute Gasteiger partial charge is 0.135 e. The van der Waals surface area contributed by atoms with E-state index in [1.165, 1.54) is 19.4 Å². The van der Waals surface area contributed by atoms with Gasteiger partial charge in [-0.15, -0.1) is 0 Å². The Morgan fingerprint density at radius 1 is 1.18 bits per heavy atom. The van der Waals surface area contributed by atoms with Crippen molar-refractivity contribution >= 4 is 0 Å². The lowest BCUT2D eigenvalue weighted by Gasteiger charge is -2.08. The van der Waals surface area contributed by atoms with Crippen molar-refractivity contribution in [1.82, 2.24) is 4.98 Å². The first-order chi connectivity index (χ1) is 8.11. The number of hydrogen-bond acceptors (Lipinski definition) is 2. The Hall–Kier alpha value is -1.97. The second-order valence-electron chi connectivity index (χ2n) is 3.66. The van der Waals surface area contributed by atoms with Crippen LogP contribution in [0.2, 0.25) is 0 Å². The minimum atomic E-state index is -0.622. The fraction of sp³-hybridized carbons (Fsp3) is 0.154. The maximum absolute atomic E-state index is 13.7. The van der Waals surface area contributed by atoms with Crippen LogP contribution in [0.15, 0.2) is 30.5 Å². The number of hydrogen-bond donors (Lipinski definition) is 0. The second kappa shape index (κ2) is 4.49. The molecular formula is C13H11F2NO. The predicted octanol–water partition coefficient (Wildman–Crippen LogP) is 3.34. The quantitative estimate of drug-likeness (QED) is 0.796. The fourth-order valence-corrected chi connectivity index (χ4v) is 1.70. The summed E-state index contributed by atoms with van der Waals surface area (Å²) in [6, 6.07) is 5.41. The molecule has 1 aromatic heterocycles. The molecule has 0 unspecified atom stereocenters. The van der Waals surface area contributed by atoms with Crippen molar-refractivity contribution in [2.45, 2.75) is 6.92 Å². The summed E-state index contributed by atoms with van der Waals surface area (Å²) in [4.78, 5) is 4.07.